The minimum atomic E-state index is -0.393. The standard InChI is InChI=1S/C15H21FN2O3/c1-11(5-6-19)9-17-15(21)10-18-14(20)8-12-3-2-4-13(16)7-12/h2-4,7,11,19H,5-6,8-10H2,1H3,(H,17,21)(H,18,20). The molecular weight excluding hydrogens is 275 g/mol. The van der Waals surface area contributed by atoms with Crippen LogP contribution >= 0.6 is 0 Å². The van der Waals surface area contributed by atoms with Gasteiger partial charge in [-0.15, -0.1) is 0 Å². The normalized spacial score (nSPS) is 11.8. The van der Waals surface area contributed by atoms with E-state index in [-0.39, 0.29) is 37.3 Å². The van der Waals surface area contributed by atoms with E-state index in [1.165, 1.54) is 18.2 Å². The summed E-state index contributed by atoms with van der Waals surface area (Å²) in [5, 5.41) is 13.9. The maximum Gasteiger partial charge on any atom is 0.239 e. The number of halogens is 1. The zero-order chi connectivity index (χ0) is 15.7. The predicted molar refractivity (Wildman–Crippen MR) is 77.0 cm³/mol. The van der Waals surface area contributed by atoms with Crippen LogP contribution in [0.4, 0.5) is 4.39 Å². The van der Waals surface area contributed by atoms with Crippen molar-refractivity contribution in [2.24, 2.45) is 5.92 Å². The van der Waals surface area contributed by atoms with Crippen molar-refractivity contribution in [3.63, 3.8) is 0 Å². The van der Waals surface area contributed by atoms with Crippen LogP contribution < -0.4 is 10.6 Å². The largest absolute Gasteiger partial charge is 0.396 e. The highest BCUT2D eigenvalue weighted by molar-refractivity contribution is 5.85. The molecule has 0 fully saturated rings. The van der Waals surface area contributed by atoms with Crippen LogP contribution in [0.1, 0.15) is 18.9 Å². The smallest absolute Gasteiger partial charge is 0.239 e. The SMILES string of the molecule is CC(CCO)CNC(=O)CNC(=O)Cc1cccc(F)c1. The van der Waals surface area contributed by atoms with Crippen molar-refractivity contribution in [3.8, 4) is 0 Å². The molecule has 0 aliphatic carbocycles. The molecule has 0 aliphatic rings. The van der Waals surface area contributed by atoms with Crippen molar-refractivity contribution in [1.29, 1.82) is 0 Å². The van der Waals surface area contributed by atoms with Gasteiger partial charge in [0.15, 0.2) is 0 Å². The molecule has 116 valence electrons. The van der Waals surface area contributed by atoms with E-state index in [9.17, 15) is 14.0 Å². The van der Waals surface area contributed by atoms with Crippen LogP contribution in [0.15, 0.2) is 24.3 Å². The zero-order valence-electron chi connectivity index (χ0n) is 12.1. The van der Waals surface area contributed by atoms with E-state index in [0.29, 0.717) is 18.5 Å². The van der Waals surface area contributed by atoms with Gasteiger partial charge >= 0.3 is 0 Å². The number of rotatable bonds is 8. The Morgan fingerprint density at radius 3 is 2.71 bits per heavy atom. The average molecular weight is 296 g/mol. The summed E-state index contributed by atoms with van der Waals surface area (Å²) in [6, 6.07) is 5.78. The van der Waals surface area contributed by atoms with Gasteiger partial charge in [0.05, 0.1) is 13.0 Å². The van der Waals surface area contributed by atoms with Gasteiger partial charge < -0.3 is 15.7 Å². The summed E-state index contributed by atoms with van der Waals surface area (Å²) in [5.41, 5.74) is 0.560. The maximum absolute atomic E-state index is 13.0. The molecule has 3 N–H and O–H groups in total. The van der Waals surface area contributed by atoms with Gasteiger partial charge in [0.25, 0.3) is 0 Å². The second-order valence-corrected chi connectivity index (χ2v) is 5.00. The Kier molecular flexibility index (Phi) is 7.39. The highest BCUT2D eigenvalue weighted by Crippen LogP contribution is 2.04. The third-order valence-corrected chi connectivity index (χ3v) is 2.97. The Morgan fingerprint density at radius 1 is 1.29 bits per heavy atom. The Labute approximate surface area is 123 Å². The molecule has 0 heterocycles. The molecule has 6 heteroatoms. The van der Waals surface area contributed by atoms with Crippen LogP contribution in [0.25, 0.3) is 0 Å². The molecule has 1 atom stereocenters. The average Bonchev–Trinajstić information content (AvgIpc) is 2.43. The molecular formula is C15H21FN2O3. The Hall–Kier alpha value is -1.95. The van der Waals surface area contributed by atoms with Crippen molar-refractivity contribution in [2.75, 3.05) is 19.7 Å². The lowest BCUT2D eigenvalue weighted by Crippen LogP contribution is -2.39. The summed E-state index contributed by atoms with van der Waals surface area (Å²) < 4.78 is 13.0. The highest BCUT2D eigenvalue weighted by atomic mass is 19.1. The van der Waals surface area contributed by atoms with Crippen molar-refractivity contribution in [1.82, 2.24) is 10.6 Å². The quantitative estimate of drug-likeness (QED) is 0.658. The van der Waals surface area contributed by atoms with E-state index >= 15 is 0 Å². The van der Waals surface area contributed by atoms with Crippen molar-refractivity contribution < 1.29 is 19.1 Å². The minimum Gasteiger partial charge on any atom is -0.396 e. The number of aliphatic hydroxyl groups is 1. The number of carbonyl (C=O) groups excluding carboxylic acids is 2. The fourth-order valence-corrected chi connectivity index (χ4v) is 1.75. The van der Waals surface area contributed by atoms with Gasteiger partial charge in [-0.25, -0.2) is 4.39 Å². The number of aliphatic hydroxyl groups excluding tert-OH is 1. The number of carbonyl (C=O) groups is 2. The van der Waals surface area contributed by atoms with Gasteiger partial charge in [0, 0.05) is 13.2 Å². The summed E-state index contributed by atoms with van der Waals surface area (Å²) in [6.45, 7) is 2.35. The monoisotopic (exact) mass is 296 g/mol. The van der Waals surface area contributed by atoms with Gasteiger partial charge in [0.2, 0.25) is 11.8 Å². The molecule has 0 bridgehead atoms. The minimum absolute atomic E-state index is 0.0337. The van der Waals surface area contributed by atoms with E-state index in [1.807, 2.05) is 6.92 Å². The van der Waals surface area contributed by atoms with Gasteiger partial charge in [-0.05, 0) is 30.0 Å². The second kappa shape index (κ2) is 9.07. The van der Waals surface area contributed by atoms with Gasteiger partial charge in [-0.2, -0.15) is 0 Å². The fraction of sp³-hybridized carbons (Fsp3) is 0.467. The molecule has 0 aromatic heterocycles. The third kappa shape index (κ3) is 7.41. The fourth-order valence-electron chi connectivity index (χ4n) is 1.75. The Balaban J connectivity index is 2.25. The summed E-state index contributed by atoms with van der Waals surface area (Å²) in [6.07, 6.45) is 0.651. The number of hydrogen-bond donors (Lipinski definition) is 3. The van der Waals surface area contributed by atoms with Crippen molar-refractivity contribution in [3.05, 3.63) is 35.6 Å². The van der Waals surface area contributed by atoms with E-state index in [0.717, 1.165) is 0 Å². The van der Waals surface area contributed by atoms with Crippen LogP contribution in [0.3, 0.4) is 0 Å². The van der Waals surface area contributed by atoms with Crippen molar-refractivity contribution in [2.45, 2.75) is 19.8 Å². The molecule has 1 unspecified atom stereocenters. The van der Waals surface area contributed by atoms with Crippen molar-refractivity contribution >= 4 is 11.8 Å². The summed E-state index contributed by atoms with van der Waals surface area (Å²) in [7, 11) is 0. The van der Waals surface area contributed by atoms with E-state index < -0.39 is 5.82 Å². The lowest BCUT2D eigenvalue weighted by Gasteiger charge is -2.11. The van der Waals surface area contributed by atoms with Gasteiger partial charge in [-0.3, -0.25) is 9.59 Å². The van der Waals surface area contributed by atoms with Crippen LogP contribution in [-0.4, -0.2) is 36.6 Å². The first-order chi connectivity index (χ1) is 10.0. The number of amides is 2. The molecule has 0 spiro atoms. The lowest BCUT2D eigenvalue weighted by molar-refractivity contribution is -0.125. The van der Waals surface area contributed by atoms with Gasteiger partial charge in [0.1, 0.15) is 5.82 Å². The number of benzene rings is 1. The van der Waals surface area contributed by atoms with E-state index in [1.54, 1.807) is 6.07 Å². The van der Waals surface area contributed by atoms with E-state index in [4.69, 9.17) is 5.11 Å². The Bertz CT molecular complexity index is 480. The molecule has 0 saturated carbocycles. The first kappa shape index (κ1) is 17.1. The molecule has 1 rings (SSSR count). The summed E-state index contributed by atoms with van der Waals surface area (Å²) in [5.74, 6) is -0.829. The van der Waals surface area contributed by atoms with Crippen LogP contribution in [0.2, 0.25) is 0 Å². The zero-order valence-corrected chi connectivity index (χ0v) is 12.1. The molecule has 2 amide bonds. The third-order valence-electron chi connectivity index (χ3n) is 2.97. The molecule has 0 aliphatic heterocycles. The topological polar surface area (TPSA) is 78.4 Å². The first-order valence-electron chi connectivity index (χ1n) is 6.90. The molecule has 1 aromatic carbocycles. The molecule has 0 radical (unpaired) electrons. The first-order valence-corrected chi connectivity index (χ1v) is 6.90. The second-order valence-electron chi connectivity index (χ2n) is 5.00. The molecule has 0 saturated heterocycles. The van der Waals surface area contributed by atoms with Crippen LogP contribution in [0.5, 0.6) is 0 Å². The molecule has 5 nitrogen and oxygen atoms in total. The summed E-state index contributed by atoms with van der Waals surface area (Å²) >= 11 is 0. The Morgan fingerprint density at radius 2 is 2.05 bits per heavy atom. The van der Waals surface area contributed by atoms with Crippen LogP contribution in [-0.2, 0) is 16.0 Å². The van der Waals surface area contributed by atoms with Gasteiger partial charge in [-0.1, -0.05) is 19.1 Å². The summed E-state index contributed by atoms with van der Waals surface area (Å²) in [4.78, 5) is 23.1. The predicted octanol–water partition coefficient (Wildman–Crippen LogP) is 0.619. The number of hydrogen-bond acceptors (Lipinski definition) is 3. The highest BCUT2D eigenvalue weighted by Gasteiger charge is 2.08. The lowest BCUT2D eigenvalue weighted by atomic mass is 10.1. The number of nitrogens with one attached hydrogen (secondary N) is 2. The molecule has 1 aromatic rings. The maximum atomic E-state index is 13.0. The van der Waals surface area contributed by atoms with E-state index in [2.05, 4.69) is 10.6 Å². The molecule has 21 heavy (non-hydrogen) atoms. The van der Waals surface area contributed by atoms with Crippen LogP contribution in [0, 0.1) is 11.7 Å².